The van der Waals surface area contributed by atoms with E-state index in [4.69, 9.17) is 18.9 Å². The Morgan fingerprint density at radius 3 is 2.77 bits per heavy atom. The molecule has 35 heavy (non-hydrogen) atoms. The number of aromatic nitrogens is 2. The van der Waals surface area contributed by atoms with Gasteiger partial charge in [-0.15, -0.1) is 0 Å². The first-order valence-corrected chi connectivity index (χ1v) is 11.7. The molecule has 0 fully saturated rings. The van der Waals surface area contributed by atoms with Crippen molar-refractivity contribution in [3.05, 3.63) is 53.3 Å². The molecule has 1 aliphatic rings. The lowest BCUT2D eigenvalue weighted by Gasteiger charge is -2.16. The van der Waals surface area contributed by atoms with Crippen molar-refractivity contribution < 1.29 is 28.5 Å². The zero-order chi connectivity index (χ0) is 24.9. The third-order valence-electron chi connectivity index (χ3n) is 5.08. The van der Waals surface area contributed by atoms with Crippen LogP contribution in [0.25, 0.3) is 0 Å². The summed E-state index contributed by atoms with van der Waals surface area (Å²) in [5.74, 6) is 1.80. The highest BCUT2D eigenvalue weighted by Gasteiger charge is 2.22. The average Bonchev–Trinajstić information content (AvgIpc) is 3.16. The maximum Gasteiger partial charge on any atom is 0.257 e. The molecule has 0 radical (unpaired) electrons. The highest BCUT2D eigenvalue weighted by Crippen LogP contribution is 2.33. The van der Waals surface area contributed by atoms with Gasteiger partial charge in [0.15, 0.2) is 0 Å². The molecule has 4 rings (SSSR count). The van der Waals surface area contributed by atoms with Crippen molar-refractivity contribution in [3.8, 4) is 23.0 Å². The molecule has 1 atom stereocenters. The van der Waals surface area contributed by atoms with Crippen LogP contribution in [0.5, 0.6) is 23.0 Å². The summed E-state index contributed by atoms with van der Waals surface area (Å²) in [5, 5.41) is 3.14. The molecule has 1 aliphatic heterocycles. The SMILES string of the molecule is COC[C@H](C)Oc1cc(Oc2ccc3c(c2)OCCN(C)C3=O)cc(C(=O)Nc2nc(C)ns2)c1. The Hall–Kier alpha value is -3.70. The maximum absolute atomic E-state index is 12.9. The quantitative estimate of drug-likeness (QED) is 0.500. The fourth-order valence-electron chi connectivity index (χ4n) is 3.45. The number of hydrogen-bond acceptors (Lipinski definition) is 9. The van der Waals surface area contributed by atoms with E-state index in [1.807, 2.05) is 6.92 Å². The van der Waals surface area contributed by atoms with E-state index in [1.54, 1.807) is 62.4 Å². The fraction of sp³-hybridized carbons (Fsp3) is 0.333. The summed E-state index contributed by atoms with van der Waals surface area (Å²) < 4.78 is 26.9. The first kappa shape index (κ1) is 24.4. The largest absolute Gasteiger partial charge is 0.491 e. The second-order valence-electron chi connectivity index (χ2n) is 8.01. The lowest BCUT2D eigenvalue weighted by atomic mass is 10.1. The van der Waals surface area contributed by atoms with E-state index in [2.05, 4.69) is 14.7 Å². The topological polar surface area (TPSA) is 112 Å². The van der Waals surface area contributed by atoms with E-state index in [0.29, 0.717) is 64.8 Å². The number of aryl methyl sites for hydroxylation is 1. The van der Waals surface area contributed by atoms with E-state index in [9.17, 15) is 9.59 Å². The Labute approximate surface area is 206 Å². The van der Waals surface area contributed by atoms with Gasteiger partial charge in [0.05, 0.1) is 18.7 Å². The van der Waals surface area contributed by atoms with Crippen molar-refractivity contribution in [2.75, 3.05) is 39.2 Å². The number of rotatable bonds is 8. The van der Waals surface area contributed by atoms with E-state index in [0.717, 1.165) is 11.5 Å². The molecule has 184 valence electrons. The van der Waals surface area contributed by atoms with Crippen molar-refractivity contribution in [3.63, 3.8) is 0 Å². The molecular formula is C24H26N4O6S. The first-order valence-electron chi connectivity index (χ1n) is 10.9. The standard InChI is InChI=1S/C24H26N4O6S/c1-14(13-31-4)33-18-9-16(22(29)26-24-25-15(2)27-35-24)10-19(11-18)34-17-5-6-20-21(12-17)32-8-7-28(3)23(20)30/h5-6,9-12,14H,7-8,13H2,1-4H3,(H,25,26,27,29)/t14-/m0/s1. The van der Waals surface area contributed by atoms with E-state index >= 15 is 0 Å². The number of likely N-dealkylation sites (N-methyl/N-ethyl adjacent to an activating group) is 1. The fourth-order valence-corrected chi connectivity index (χ4v) is 4.02. The number of methoxy groups -OCH3 is 1. The summed E-state index contributed by atoms with van der Waals surface area (Å²) in [5.41, 5.74) is 0.785. The smallest absolute Gasteiger partial charge is 0.257 e. The van der Waals surface area contributed by atoms with Crippen LogP contribution in [-0.4, -0.2) is 66.1 Å². The number of fused-ring (bicyclic) bond motifs is 1. The van der Waals surface area contributed by atoms with Crippen LogP contribution in [0.4, 0.5) is 5.13 Å². The molecule has 3 aromatic rings. The summed E-state index contributed by atoms with van der Waals surface area (Å²) in [4.78, 5) is 31.2. The molecule has 2 amide bonds. The van der Waals surface area contributed by atoms with Crippen molar-refractivity contribution in [2.45, 2.75) is 20.0 Å². The number of ether oxygens (including phenoxy) is 4. The molecule has 2 aromatic carbocycles. The van der Waals surface area contributed by atoms with E-state index in [-0.39, 0.29) is 17.9 Å². The molecule has 1 N–H and O–H groups in total. The summed E-state index contributed by atoms with van der Waals surface area (Å²) in [7, 11) is 3.32. The normalized spacial score (nSPS) is 13.9. The molecular weight excluding hydrogens is 472 g/mol. The van der Waals surface area contributed by atoms with Crippen molar-refractivity contribution in [1.82, 2.24) is 14.3 Å². The van der Waals surface area contributed by atoms with Gasteiger partial charge in [-0.3, -0.25) is 14.9 Å². The minimum absolute atomic E-state index is 0.113. The molecule has 2 heterocycles. The Balaban J connectivity index is 1.61. The van der Waals surface area contributed by atoms with Crippen molar-refractivity contribution >= 4 is 28.5 Å². The molecule has 0 aliphatic carbocycles. The summed E-state index contributed by atoms with van der Waals surface area (Å²) in [6.07, 6.45) is -0.249. The summed E-state index contributed by atoms with van der Waals surface area (Å²) in [6.45, 7) is 4.86. The summed E-state index contributed by atoms with van der Waals surface area (Å²) in [6, 6.07) is 9.92. The van der Waals surface area contributed by atoms with Crippen molar-refractivity contribution in [1.29, 1.82) is 0 Å². The predicted octanol–water partition coefficient (Wildman–Crippen LogP) is 3.77. The molecule has 0 unspecified atom stereocenters. The van der Waals surface area contributed by atoms with Gasteiger partial charge in [-0.2, -0.15) is 4.37 Å². The van der Waals surface area contributed by atoms with Gasteiger partial charge in [0.25, 0.3) is 11.8 Å². The van der Waals surface area contributed by atoms with Crippen LogP contribution in [0.2, 0.25) is 0 Å². The van der Waals surface area contributed by atoms with Crippen LogP contribution < -0.4 is 19.5 Å². The molecule has 0 spiro atoms. The molecule has 0 saturated heterocycles. The number of nitrogens with zero attached hydrogens (tertiary/aromatic N) is 3. The first-order chi connectivity index (χ1) is 16.8. The second-order valence-corrected chi connectivity index (χ2v) is 8.76. The van der Waals surface area contributed by atoms with Crippen LogP contribution >= 0.6 is 11.5 Å². The average molecular weight is 499 g/mol. The monoisotopic (exact) mass is 498 g/mol. The Kier molecular flexibility index (Phi) is 7.47. The van der Waals surface area contributed by atoms with Gasteiger partial charge >= 0.3 is 0 Å². The number of amides is 2. The second kappa shape index (κ2) is 10.7. The Bertz CT molecular complexity index is 1230. The van der Waals surface area contributed by atoms with Crippen LogP contribution in [0, 0.1) is 6.92 Å². The number of benzene rings is 2. The van der Waals surface area contributed by atoms with Gasteiger partial charge in [-0.1, -0.05) is 0 Å². The minimum Gasteiger partial charge on any atom is -0.491 e. The van der Waals surface area contributed by atoms with Crippen LogP contribution in [-0.2, 0) is 4.74 Å². The summed E-state index contributed by atoms with van der Waals surface area (Å²) >= 11 is 1.10. The van der Waals surface area contributed by atoms with Gasteiger partial charge in [0.2, 0.25) is 5.13 Å². The molecule has 1 aromatic heterocycles. The highest BCUT2D eigenvalue weighted by molar-refractivity contribution is 7.09. The third-order valence-corrected chi connectivity index (χ3v) is 5.80. The maximum atomic E-state index is 12.9. The van der Waals surface area contributed by atoms with Gasteiger partial charge in [-0.25, -0.2) is 4.98 Å². The van der Waals surface area contributed by atoms with Crippen LogP contribution in [0.15, 0.2) is 36.4 Å². The van der Waals surface area contributed by atoms with Crippen LogP contribution in [0.1, 0.15) is 33.5 Å². The Morgan fingerprint density at radius 1 is 1.23 bits per heavy atom. The van der Waals surface area contributed by atoms with Gasteiger partial charge in [-0.05, 0) is 38.1 Å². The minimum atomic E-state index is -0.380. The lowest BCUT2D eigenvalue weighted by Crippen LogP contribution is -2.27. The van der Waals surface area contributed by atoms with Gasteiger partial charge < -0.3 is 23.8 Å². The Morgan fingerprint density at radius 2 is 2.03 bits per heavy atom. The number of carbonyl (C=O) groups excluding carboxylic acids is 2. The molecule has 0 saturated carbocycles. The number of hydrogen-bond donors (Lipinski definition) is 1. The van der Waals surface area contributed by atoms with Gasteiger partial charge in [0, 0.05) is 43.4 Å². The van der Waals surface area contributed by atoms with Crippen molar-refractivity contribution in [2.24, 2.45) is 0 Å². The van der Waals surface area contributed by atoms with E-state index in [1.165, 1.54) is 0 Å². The van der Waals surface area contributed by atoms with E-state index < -0.39 is 0 Å². The highest BCUT2D eigenvalue weighted by atomic mass is 32.1. The molecule has 11 heteroatoms. The van der Waals surface area contributed by atoms with Crippen LogP contribution in [0.3, 0.4) is 0 Å². The zero-order valence-electron chi connectivity index (χ0n) is 19.9. The zero-order valence-corrected chi connectivity index (χ0v) is 20.7. The predicted molar refractivity (Wildman–Crippen MR) is 130 cm³/mol. The lowest BCUT2D eigenvalue weighted by molar-refractivity contribution is 0.0796. The molecule has 0 bridgehead atoms. The number of anilines is 1. The third kappa shape index (κ3) is 6.06. The number of carbonyl (C=O) groups is 2. The molecule has 10 nitrogen and oxygen atoms in total. The van der Waals surface area contributed by atoms with Gasteiger partial charge in [0.1, 0.15) is 41.5 Å². The number of nitrogens with one attached hydrogen (secondary N) is 1.